The van der Waals surface area contributed by atoms with Crippen LogP contribution in [-0.2, 0) is 19.9 Å². The number of pyridine rings is 1. The van der Waals surface area contributed by atoms with E-state index in [2.05, 4.69) is 17.4 Å². The van der Waals surface area contributed by atoms with Crippen molar-refractivity contribution in [2.75, 3.05) is 12.3 Å². The molecule has 0 radical (unpaired) electrons. The van der Waals surface area contributed by atoms with Crippen molar-refractivity contribution in [2.24, 2.45) is 7.05 Å². The van der Waals surface area contributed by atoms with Crippen LogP contribution < -0.4 is 10.9 Å². The van der Waals surface area contributed by atoms with E-state index in [4.69, 9.17) is 0 Å². The number of nitrogens with zero attached hydrogens (tertiary/aromatic N) is 1. The molecule has 1 aliphatic rings. The molecule has 1 aromatic carbocycles. The summed E-state index contributed by atoms with van der Waals surface area (Å²) in [5, 5.41) is 2.89. The molecular formula is C20H24N2O2S. The van der Waals surface area contributed by atoms with Crippen molar-refractivity contribution < 1.29 is 4.79 Å². The van der Waals surface area contributed by atoms with Gasteiger partial charge in [-0.05, 0) is 61.6 Å². The van der Waals surface area contributed by atoms with Crippen LogP contribution in [0.25, 0.3) is 0 Å². The van der Waals surface area contributed by atoms with Crippen molar-refractivity contribution in [3.05, 3.63) is 63.6 Å². The number of rotatable bonds is 6. The lowest BCUT2D eigenvalue weighted by Gasteiger charge is -2.20. The van der Waals surface area contributed by atoms with Gasteiger partial charge in [0.25, 0.3) is 11.5 Å². The molecule has 2 aromatic rings. The van der Waals surface area contributed by atoms with Gasteiger partial charge in [0.05, 0.1) is 0 Å². The first-order chi connectivity index (χ1) is 12.2. The highest BCUT2D eigenvalue weighted by Crippen LogP contribution is 2.20. The largest absolute Gasteiger partial charge is 0.352 e. The molecule has 4 nitrogen and oxygen atoms in total. The van der Waals surface area contributed by atoms with E-state index >= 15 is 0 Å². The van der Waals surface area contributed by atoms with Crippen LogP contribution in [0.15, 0.2) is 46.1 Å². The van der Waals surface area contributed by atoms with Crippen molar-refractivity contribution in [1.29, 1.82) is 0 Å². The summed E-state index contributed by atoms with van der Waals surface area (Å²) in [6.07, 6.45) is 5.00. The van der Waals surface area contributed by atoms with Gasteiger partial charge in [-0.15, -0.1) is 11.8 Å². The standard InChI is InChI=1S/C20H24N2O2S/c1-22-18-11-6-5-8-15(18)14-17(20(22)24)19(23)21-12-7-13-25-16-9-3-2-4-10-16/h2-4,9-10,14H,5-8,11-13H2,1H3,(H,21,23). The molecule has 1 heterocycles. The Bertz CT molecular complexity index is 799. The maximum absolute atomic E-state index is 12.5. The van der Waals surface area contributed by atoms with Gasteiger partial charge in [-0.2, -0.15) is 0 Å². The maximum Gasteiger partial charge on any atom is 0.263 e. The Balaban J connectivity index is 1.55. The van der Waals surface area contributed by atoms with Gasteiger partial charge in [0.15, 0.2) is 0 Å². The fourth-order valence-electron chi connectivity index (χ4n) is 3.23. The van der Waals surface area contributed by atoms with Gasteiger partial charge in [0, 0.05) is 24.2 Å². The molecule has 1 amide bonds. The Morgan fingerprint density at radius 3 is 2.76 bits per heavy atom. The van der Waals surface area contributed by atoms with Crippen LogP contribution in [0, 0.1) is 0 Å². The molecular weight excluding hydrogens is 332 g/mol. The molecule has 0 spiro atoms. The number of benzene rings is 1. The zero-order valence-corrected chi connectivity index (χ0v) is 15.4. The number of hydrogen-bond acceptors (Lipinski definition) is 3. The topological polar surface area (TPSA) is 51.1 Å². The lowest BCUT2D eigenvalue weighted by atomic mass is 9.94. The number of nitrogens with one attached hydrogen (secondary N) is 1. The molecule has 0 saturated heterocycles. The van der Waals surface area contributed by atoms with Gasteiger partial charge in [-0.3, -0.25) is 9.59 Å². The van der Waals surface area contributed by atoms with Gasteiger partial charge in [0.2, 0.25) is 0 Å². The number of thioether (sulfide) groups is 1. The van der Waals surface area contributed by atoms with E-state index in [-0.39, 0.29) is 17.0 Å². The third kappa shape index (κ3) is 4.34. The third-order valence-electron chi connectivity index (χ3n) is 4.60. The van der Waals surface area contributed by atoms with Crippen LogP contribution in [-0.4, -0.2) is 22.8 Å². The summed E-state index contributed by atoms with van der Waals surface area (Å²) in [5.41, 5.74) is 2.33. The molecule has 0 bridgehead atoms. The zero-order valence-electron chi connectivity index (χ0n) is 14.6. The SMILES string of the molecule is Cn1c2c(cc(C(=O)NCCCSc3ccccc3)c1=O)CCCC2. The molecule has 0 unspecified atom stereocenters. The molecule has 0 saturated carbocycles. The van der Waals surface area contributed by atoms with Gasteiger partial charge >= 0.3 is 0 Å². The van der Waals surface area contributed by atoms with E-state index in [1.165, 1.54) is 4.90 Å². The molecule has 25 heavy (non-hydrogen) atoms. The van der Waals surface area contributed by atoms with Gasteiger partial charge in [-0.25, -0.2) is 0 Å². The highest BCUT2D eigenvalue weighted by Gasteiger charge is 2.19. The summed E-state index contributed by atoms with van der Waals surface area (Å²) in [4.78, 5) is 26.1. The number of aryl methyl sites for hydroxylation is 1. The quantitative estimate of drug-likeness (QED) is 0.639. The third-order valence-corrected chi connectivity index (χ3v) is 5.70. The number of carbonyl (C=O) groups is 1. The number of hydrogen-bond donors (Lipinski definition) is 1. The van der Waals surface area contributed by atoms with Crippen LogP contribution in [0.3, 0.4) is 0 Å². The summed E-state index contributed by atoms with van der Waals surface area (Å²) in [6.45, 7) is 0.582. The van der Waals surface area contributed by atoms with E-state index in [0.717, 1.165) is 49.1 Å². The van der Waals surface area contributed by atoms with Crippen LogP contribution in [0.2, 0.25) is 0 Å². The first-order valence-corrected chi connectivity index (χ1v) is 9.83. The molecule has 1 N–H and O–H groups in total. The molecule has 0 aliphatic heterocycles. The predicted octanol–water partition coefficient (Wildman–Crippen LogP) is 3.18. The number of amides is 1. The summed E-state index contributed by atoms with van der Waals surface area (Å²) >= 11 is 1.77. The molecule has 0 fully saturated rings. The highest BCUT2D eigenvalue weighted by molar-refractivity contribution is 7.99. The molecule has 1 aromatic heterocycles. The minimum absolute atomic E-state index is 0.184. The van der Waals surface area contributed by atoms with Gasteiger partial charge in [-0.1, -0.05) is 18.2 Å². The minimum Gasteiger partial charge on any atom is -0.352 e. The van der Waals surface area contributed by atoms with Crippen LogP contribution >= 0.6 is 11.8 Å². The fourth-order valence-corrected chi connectivity index (χ4v) is 4.10. The van der Waals surface area contributed by atoms with Crippen molar-refractivity contribution >= 4 is 17.7 Å². The number of aromatic nitrogens is 1. The predicted molar refractivity (Wildman–Crippen MR) is 102 cm³/mol. The smallest absolute Gasteiger partial charge is 0.263 e. The van der Waals surface area contributed by atoms with Gasteiger partial charge in [0.1, 0.15) is 5.56 Å². The lowest BCUT2D eigenvalue weighted by molar-refractivity contribution is 0.0951. The Labute approximate surface area is 152 Å². The highest BCUT2D eigenvalue weighted by atomic mass is 32.2. The molecule has 5 heteroatoms. The molecule has 132 valence electrons. The Morgan fingerprint density at radius 1 is 1.20 bits per heavy atom. The summed E-state index contributed by atoms with van der Waals surface area (Å²) in [6, 6.07) is 12.0. The second-order valence-corrected chi connectivity index (χ2v) is 7.54. The number of fused-ring (bicyclic) bond motifs is 1. The lowest BCUT2D eigenvalue weighted by Crippen LogP contribution is -2.35. The van der Waals surface area contributed by atoms with Crippen LogP contribution in [0.4, 0.5) is 0 Å². The minimum atomic E-state index is -0.251. The fraction of sp³-hybridized carbons (Fsp3) is 0.400. The zero-order chi connectivity index (χ0) is 17.6. The Hall–Kier alpha value is -2.01. The van der Waals surface area contributed by atoms with Crippen LogP contribution in [0.1, 0.15) is 40.9 Å². The summed E-state index contributed by atoms with van der Waals surface area (Å²) < 4.78 is 1.66. The molecule has 3 rings (SSSR count). The normalized spacial score (nSPS) is 13.3. The average molecular weight is 356 g/mol. The first kappa shape index (κ1) is 17.8. The van der Waals surface area contributed by atoms with Crippen molar-refractivity contribution in [3.8, 4) is 0 Å². The summed E-state index contributed by atoms with van der Waals surface area (Å²) in [5.74, 6) is 0.686. The Kier molecular flexibility index (Phi) is 5.97. The second-order valence-electron chi connectivity index (χ2n) is 6.37. The van der Waals surface area contributed by atoms with Gasteiger partial charge < -0.3 is 9.88 Å². The van der Waals surface area contributed by atoms with E-state index in [0.29, 0.717) is 6.54 Å². The maximum atomic E-state index is 12.5. The van der Waals surface area contributed by atoms with Crippen molar-refractivity contribution in [1.82, 2.24) is 9.88 Å². The Morgan fingerprint density at radius 2 is 1.96 bits per heavy atom. The van der Waals surface area contributed by atoms with E-state index in [9.17, 15) is 9.59 Å². The van der Waals surface area contributed by atoms with E-state index in [1.54, 1.807) is 23.4 Å². The molecule has 1 aliphatic carbocycles. The number of carbonyl (C=O) groups excluding carboxylic acids is 1. The van der Waals surface area contributed by atoms with Crippen molar-refractivity contribution in [2.45, 2.75) is 37.0 Å². The molecule has 0 atom stereocenters. The second kappa shape index (κ2) is 8.39. The van der Waals surface area contributed by atoms with Crippen molar-refractivity contribution in [3.63, 3.8) is 0 Å². The monoisotopic (exact) mass is 356 g/mol. The average Bonchev–Trinajstić information content (AvgIpc) is 2.65. The first-order valence-electron chi connectivity index (χ1n) is 8.84. The van der Waals surface area contributed by atoms with E-state index < -0.39 is 0 Å². The van der Waals surface area contributed by atoms with E-state index in [1.807, 2.05) is 24.3 Å². The van der Waals surface area contributed by atoms with Crippen LogP contribution in [0.5, 0.6) is 0 Å². The summed E-state index contributed by atoms with van der Waals surface area (Å²) in [7, 11) is 1.78.